The SMILES string of the molecule is CC(C)C(C)N(C(=O)C1CCCN(C(=O)c2ccccc2OC(F)F)C1)C1CC1. The molecule has 2 unspecified atom stereocenters. The number of halogens is 2. The molecule has 2 aliphatic rings. The number of hydrogen-bond donors (Lipinski definition) is 0. The monoisotopic (exact) mass is 408 g/mol. The molecule has 2 fully saturated rings. The summed E-state index contributed by atoms with van der Waals surface area (Å²) >= 11 is 0. The van der Waals surface area contributed by atoms with E-state index < -0.39 is 6.61 Å². The number of rotatable bonds is 7. The van der Waals surface area contributed by atoms with E-state index in [1.807, 2.05) is 4.90 Å². The number of carbonyl (C=O) groups is 2. The van der Waals surface area contributed by atoms with Gasteiger partial charge in [0.15, 0.2) is 0 Å². The lowest BCUT2D eigenvalue weighted by molar-refractivity contribution is -0.140. The maximum absolute atomic E-state index is 13.3. The van der Waals surface area contributed by atoms with Crippen molar-refractivity contribution in [2.45, 2.75) is 65.1 Å². The second kappa shape index (κ2) is 9.09. The number of piperidine rings is 1. The lowest BCUT2D eigenvalue weighted by Crippen LogP contribution is -2.51. The van der Waals surface area contributed by atoms with Gasteiger partial charge in [-0.3, -0.25) is 9.59 Å². The van der Waals surface area contributed by atoms with Gasteiger partial charge in [0.05, 0.1) is 11.5 Å². The van der Waals surface area contributed by atoms with Crippen molar-refractivity contribution < 1.29 is 23.1 Å². The van der Waals surface area contributed by atoms with Crippen LogP contribution in [0.1, 0.15) is 56.8 Å². The molecule has 29 heavy (non-hydrogen) atoms. The number of alkyl halides is 2. The van der Waals surface area contributed by atoms with Crippen molar-refractivity contribution in [2.24, 2.45) is 11.8 Å². The molecule has 2 amide bonds. The van der Waals surface area contributed by atoms with Gasteiger partial charge in [0.1, 0.15) is 5.75 Å². The van der Waals surface area contributed by atoms with Crippen LogP contribution in [0.4, 0.5) is 8.78 Å². The highest BCUT2D eigenvalue weighted by Gasteiger charge is 2.41. The van der Waals surface area contributed by atoms with E-state index in [0.717, 1.165) is 19.3 Å². The first-order valence-electron chi connectivity index (χ1n) is 10.4. The number of ether oxygens (including phenoxy) is 1. The molecule has 160 valence electrons. The standard InChI is InChI=1S/C22H30F2N2O3/c1-14(2)15(3)26(17-10-11-17)20(27)16-7-6-12-25(13-16)21(28)18-8-4-5-9-19(18)29-22(23)24/h4-5,8-9,14-17,22H,6-7,10-13H2,1-3H3. The van der Waals surface area contributed by atoms with Crippen molar-refractivity contribution in [3.8, 4) is 5.75 Å². The summed E-state index contributed by atoms with van der Waals surface area (Å²) in [5.41, 5.74) is 0.107. The Labute approximate surface area is 171 Å². The van der Waals surface area contributed by atoms with Gasteiger partial charge in [-0.1, -0.05) is 26.0 Å². The summed E-state index contributed by atoms with van der Waals surface area (Å²) in [6.07, 6.45) is 3.54. The van der Waals surface area contributed by atoms with Crippen LogP contribution in [0, 0.1) is 11.8 Å². The molecule has 0 aromatic heterocycles. The van der Waals surface area contributed by atoms with Crippen LogP contribution < -0.4 is 4.74 Å². The topological polar surface area (TPSA) is 49.9 Å². The third-order valence-electron chi connectivity index (χ3n) is 5.99. The quantitative estimate of drug-likeness (QED) is 0.680. The van der Waals surface area contributed by atoms with Crippen LogP contribution in [-0.2, 0) is 4.79 Å². The van der Waals surface area contributed by atoms with Crippen molar-refractivity contribution in [1.29, 1.82) is 0 Å². The molecular weight excluding hydrogens is 378 g/mol. The van der Waals surface area contributed by atoms with Crippen LogP contribution in [0.15, 0.2) is 24.3 Å². The summed E-state index contributed by atoms with van der Waals surface area (Å²) in [4.78, 5) is 29.9. The van der Waals surface area contributed by atoms with E-state index in [4.69, 9.17) is 0 Å². The number of amides is 2. The molecule has 5 nitrogen and oxygen atoms in total. The molecule has 0 radical (unpaired) electrons. The summed E-state index contributed by atoms with van der Waals surface area (Å²) in [6, 6.07) is 6.50. The number of para-hydroxylation sites is 1. The van der Waals surface area contributed by atoms with Gasteiger partial charge in [-0.15, -0.1) is 0 Å². The molecule has 0 spiro atoms. The summed E-state index contributed by atoms with van der Waals surface area (Å²) < 4.78 is 29.9. The summed E-state index contributed by atoms with van der Waals surface area (Å²) in [7, 11) is 0. The first-order valence-corrected chi connectivity index (χ1v) is 10.4. The highest BCUT2D eigenvalue weighted by molar-refractivity contribution is 5.97. The molecule has 0 N–H and O–H groups in total. The van der Waals surface area contributed by atoms with Crippen LogP contribution in [0.3, 0.4) is 0 Å². The van der Waals surface area contributed by atoms with Gasteiger partial charge in [0, 0.05) is 25.2 Å². The zero-order valence-electron chi connectivity index (χ0n) is 17.3. The molecule has 1 aromatic carbocycles. The van der Waals surface area contributed by atoms with Gasteiger partial charge < -0.3 is 14.5 Å². The van der Waals surface area contributed by atoms with Crippen molar-refractivity contribution in [2.75, 3.05) is 13.1 Å². The number of hydrogen-bond acceptors (Lipinski definition) is 3. The lowest BCUT2D eigenvalue weighted by atomic mass is 9.93. The third-order valence-corrected chi connectivity index (χ3v) is 5.99. The largest absolute Gasteiger partial charge is 0.434 e. The van der Waals surface area contributed by atoms with E-state index in [0.29, 0.717) is 31.5 Å². The van der Waals surface area contributed by atoms with Crippen LogP contribution in [0.25, 0.3) is 0 Å². The Hall–Kier alpha value is -2.18. The molecule has 1 aliphatic carbocycles. The normalized spacial score (nSPS) is 20.7. The molecule has 2 atom stereocenters. The first-order chi connectivity index (χ1) is 13.8. The molecule has 1 heterocycles. The van der Waals surface area contributed by atoms with Crippen LogP contribution >= 0.6 is 0 Å². The number of nitrogens with zero attached hydrogens (tertiary/aromatic N) is 2. The Bertz CT molecular complexity index is 737. The number of benzene rings is 1. The minimum Gasteiger partial charge on any atom is -0.434 e. The highest BCUT2D eigenvalue weighted by Crippen LogP contribution is 2.34. The predicted octanol–water partition coefficient (Wildman–Crippen LogP) is 4.18. The minimum atomic E-state index is -3.00. The van der Waals surface area contributed by atoms with E-state index in [2.05, 4.69) is 25.5 Å². The maximum Gasteiger partial charge on any atom is 0.387 e. The van der Waals surface area contributed by atoms with Crippen molar-refractivity contribution in [3.05, 3.63) is 29.8 Å². The van der Waals surface area contributed by atoms with Gasteiger partial charge in [0.2, 0.25) is 5.91 Å². The van der Waals surface area contributed by atoms with Gasteiger partial charge >= 0.3 is 6.61 Å². The Morgan fingerprint density at radius 1 is 1.14 bits per heavy atom. The molecule has 0 bridgehead atoms. The Kier molecular flexibility index (Phi) is 6.75. The van der Waals surface area contributed by atoms with Crippen LogP contribution in [-0.4, -0.2) is 53.4 Å². The van der Waals surface area contributed by atoms with Gasteiger partial charge in [-0.25, -0.2) is 0 Å². The molecule has 1 saturated heterocycles. The van der Waals surface area contributed by atoms with E-state index >= 15 is 0 Å². The summed E-state index contributed by atoms with van der Waals surface area (Å²) in [6.45, 7) is 4.14. The average Bonchev–Trinajstić information content (AvgIpc) is 3.52. The van der Waals surface area contributed by atoms with Gasteiger partial charge in [0.25, 0.3) is 5.91 Å². The minimum absolute atomic E-state index is 0.107. The van der Waals surface area contributed by atoms with E-state index in [9.17, 15) is 18.4 Å². The Balaban J connectivity index is 1.73. The molecule has 7 heteroatoms. The fourth-order valence-electron chi connectivity index (χ4n) is 3.97. The van der Waals surface area contributed by atoms with Gasteiger partial charge in [-0.2, -0.15) is 8.78 Å². The second-order valence-electron chi connectivity index (χ2n) is 8.43. The third kappa shape index (κ3) is 5.06. The highest BCUT2D eigenvalue weighted by atomic mass is 19.3. The molecule has 1 saturated carbocycles. The average molecular weight is 408 g/mol. The van der Waals surface area contributed by atoms with Crippen molar-refractivity contribution >= 4 is 11.8 Å². The molecular formula is C22H30F2N2O3. The summed E-state index contributed by atoms with van der Waals surface area (Å²) in [5, 5.41) is 0. The molecule has 3 rings (SSSR count). The maximum atomic E-state index is 13.3. The predicted molar refractivity (Wildman–Crippen MR) is 106 cm³/mol. The molecule has 1 aliphatic heterocycles. The van der Waals surface area contributed by atoms with Gasteiger partial charge in [-0.05, 0) is 50.7 Å². The van der Waals surface area contributed by atoms with E-state index in [1.54, 1.807) is 17.0 Å². The van der Waals surface area contributed by atoms with E-state index in [-0.39, 0.29) is 35.1 Å². The first kappa shape index (κ1) is 21.5. The fraction of sp³-hybridized carbons (Fsp3) is 0.636. The van der Waals surface area contributed by atoms with Crippen LogP contribution in [0.2, 0.25) is 0 Å². The number of likely N-dealkylation sites (tertiary alicyclic amines) is 1. The number of carbonyl (C=O) groups excluding carboxylic acids is 2. The van der Waals surface area contributed by atoms with Crippen molar-refractivity contribution in [1.82, 2.24) is 9.80 Å². The summed E-state index contributed by atoms with van der Waals surface area (Å²) in [5.74, 6) is -0.275. The lowest BCUT2D eigenvalue weighted by Gasteiger charge is -2.38. The Morgan fingerprint density at radius 3 is 2.45 bits per heavy atom. The van der Waals surface area contributed by atoms with E-state index in [1.165, 1.54) is 12.1 Å². The fourth-order valence-corrected chi connectivity index (χ4v) is 3.97. The molecule has 1 aromatic rings. The smallest absolute Gasteiger partial charge is 0.387 e. The second-order valence-corrected chi connectivity index (χ2v) is 8.43. The Morgan fingerprint density at radius 2 is 1.83 bits per heavy atom. The van der Waals surface area contributed by atoms with Crippen LogP contribution in [0.5, 0.6) is 5.75 Å². The zero-order valence-corrected chi connectivity index (χ0v) is 17.3. The van der Waals surface area contributed by atoms with Crippen molar-refractivity contribution in [3.63, 3.8) is 0 Å². The zero-order chi connectivity index (χ0) is 21.1.